The lowest BCUT2D eigenvalue weighted by Gasteiger charge is -2.34. The summed E-state index contributed by atoms with van der Waals surface area (Å²) in [6.45, 7) is 4.99. The SMILES string of the molecule is Clc1ccsc1CN1CCN(c2cccnn2)CC1. The molecule has 100 valence electrons. The fraction of sp³-hybridized carbons (Fsp3) is 0.385. The molecule has 2 aromatic heterocycles. The Kier molecular flexibility index (Phi) is 3.96. The van der Waals surface area contributed by atoms with Crippen molar-refractivity contribution >= 4 is 28.8 Å². The molecule has 0 amide bonds. The van der Waals surface area contributed by atoms with Gasteiger partial charge in [0.1, 0.15) is 0 Å². The zero-order valence-electron chi connectivity index (χ0n) is 10.5. The number of thiophene rings is 1. The predicted octanol–water partition coefficient (Wildman–Crippen LogP) is 2.51. The summed E-state index contributed by atoms with van der Waals surface area (Å²) in [7, 11) is 0. The van der Waals surface area contributed by atoms with Gasteiger partial charge >= 0.3 is 0 Å². The van der Waals surface area contributed by atoms with E-state index < -0.39 is 0 Å². The van der Waals surface area contributed by atoms with Crippen molar-refractivity contribution in [2.75, 3.05) is 31.1 Å². The molecule has 0 aliphatic carbocycles. The minimum absolute atomic E-state index is 0.890. The predicted molar refractivity (Wildman–Crippen MR) is 78.9 cm³/mol. The molecule has 6 heteroatoms. The van der Waals surface area contributed by atoms with Gasteiger partial charge in [0.05, 0.1) is 5.02 Å². The monoisotopic (exact) mass is 294 g/mol. The van der Waals surface area contributed by atoms with E-state index in [2.05, 4.69) is 20.0 Å². The van der Waals surface area contributed by atoms with Crippen molar-refractivity contribution in [2.45, 2.75) is 6.54 Å². The first-order chi connectivity index (χ1) is 9.33. The molecule has 1 aliphatic heterocycles. The van der Waals surface area contributed by atoms with E-state index >= 15 is 0 Å². The maximum Gasteiger partial charge on any atom is 0.151 e. The molecule has 3 rings (SSSR count). The Bertz CT molecular complexity index is 522. The highest BCUT2D eigenvalue weighted by molar-refractivity contribution is 7.10. The summed E-state index contributed by atoms with van der Waals surface area (Å²) in [5, 5.41) is 11.0. The number of hydrogen-bond donors (Lipinski definition) is 0. The summed E-state index contributed by atoms with van der Waals surface area (Å²) in [4.78, 5) is 5.97. The van der Waals surface area contributed by atoms with E-state index in [0.29, 0.717) is 0 Å². The summed E-state index contributed by atoms with van der Waals surface area (Å²) in [6, 6.07) is 5.91. The van der Waals surface area contributed by atoms with Gasteiger partial charge in [0.25, 0.3) is 0 Å². The molecule has 0 N–H and O–H groups in total. The average molecular weight is 295 g/mol. The van der Waals surface area contributed by atoms with Crippen LogP contribution in [0.4, 0.5) is 5.82 Å². The highest BCUT2D eigenvalue weighted by Gasteiger charge is 2.19. The first-order valence-corrected chi connectivity index (χ1v) is 7.55. The number of rotatable bonds is 3. The molecule has 4 nitrogen and oxygen atoms in total. The lowest BCUT2D eigenvalue weighted by molar-refractivity contribution is 0.251. The molecule has 0 unspecified atom stereocenters. The Labute approximate surface area is 121 Å². The van der Waals surface area contributed by atoms with Gasteiger partial charge in [-0.25, -0.2) is 0 Å². The minimum atomic E-state index is 0.890. The van der Waals surface area contributed by atoms with Gasteiger partial charge in [0, 0.05) is 43.8 Å². The number of nitrogens with zero attached hydrogens (tertiary/aromatic N) is 4. The molecule has 1 saturated heterocycles. The molecule has 0 radical (unpaired) electrons. The molecular formula is C13H15ClN4S. The third-order valence-corrected chi connectivity index (χ3v) is 4.68. The number of piperazine rings is 1. The first-order valence-electron chi connectivity index (χ1n) is 6.30. The van der Waals surface area contributed by atoms with Gasteiger partial charge in [-0.1, -0.05) is 11.6 Å². The normalized spacial score (nSPS) is 16.8. The first kappa shape index (κ1) is 12.8. The largest absolute Gasteiger partial charge is 0.353 e. The van der Waals surface area contributed by atoms with Crippen LogP contribution in [0.25, 0.3) is 0 Å². The van der Waals surface area contributed by atoms with E-state index in [1.54, 1.807) is 17.5 Å². The molecule has 0 aromatic carbocycles. The molecule has 3 heterocycles. The van der Waals surface area contributed by atoms with Gasteiger partial charge in [-0.15, -0.1) is 16.4 Å². The van der Waals surface area contributed by atoms with Crippen LogP contribution < -0.4 is 4.90 Å². The Morgan fingerprint density at radius 2 is 2.05 bits per heavy atom. The topological polar surface area (TPSA) is 32.3 Å². The fourth-order valence-corrected chi connectivity index (χ4v) is 3.38. The van der Waals surface area contributed by atoms with Gasteiger partial charge in [-0.05, 0) is 23.6 Å². The Balaban J connectivity index is 1.57. The maximum absolute atomic E-state index is 6.14. The van der Waals surface area contributed by atoms with Crippen LogP contribution in [0.2, 0.25) is 5.02 Å². The Hall–Kier alpha value is -1.17. The third-order valence-electron chi connectivity index (χ3n) is 3.31. The second-order valence-electron chi connectivity index (χ2n) is 4.54. The van der Waals surface area contributed by atoms with E-state index in [4.69, 9.17) is 11.6 Å². The molecule has 1 fully saturated rings. The number of hydrogen-bond acceptors (Lipinski definition) is 5. The summed E-state index contributed by atoms with van der Waals surface area (Å²) in [5.41, 5.74) is 0. The lowest BCUT2D eigenvalue weighted by atomic mass is 10.3. The second kappa shape index (κ2) is 5.86. The molecule has 0 saturated carbocycles. The van der Waals surface area contributed by atoms with Gasteiger partial charge < -0.3 is 4.90 Å². The molecule has 0 spiro atoms. The van der Waals surface area contributed by atoms with Crippen LogP contribution in [0.1, 0.15) is 4.88 Å². The van der Waals surface area contributed by atoms with Crippen molar-refractivity contribution in [1.82, 2.24) is 15.1 Å². The lowest BCUT2D eigenvalue weighted by Crippen LogP contribution is -2.46. The van der Waals surface area contributed by atoms with Crippen LogP contribution in [0, 0.1) is 0 Å². The van der Waals surface area contributed by atoms with Crippen molar-refractivity contribution in [3.8, 4) is 0 Å². The summed E-state index contributed by atoms with van der Waals surface area (Å²) in [5.74, 6) is 0.969. The highest BCUT2D eigenvalue weighted by atomic mass is 35.5. The van der Waals surface area contributed by atoms with Gasteiger partial charge in [0.2, 0.25) is 0 Å². The van der Waals surface area contributed by atoms with Crippen LogP contribution in [-0.2, 0) is 6.54 Å². The van der Waals surface area contributed by atoms with Gasteiger partial charge in [0.15, 0.2) is 5.82 Å². The van der Waals surface area contributed by atoms with E-state index in [9.17, 15) is 0 Å². The van der Waals surface area contributed by atoms with Gasteiger partial charge in [-0.3, -0.25) is 4.90 Å². The van der Waals surface area contributed by atoms with Crippen molar-refractivity contribution in [3.63, 3.8) is 0 Å². The summed E-state index contributed by atoms with van der Waals surface area (Å²) in [6.07, 6.45) is 1.71. The molecule has 2 aromatic rings. The second-order valence-corrected chi connectivity index (χ2v) is 5.94. The van der Waals surface area contributed by atoms with Crippen LogP contribution in [0.5, 0.6) is 0 Å². The van der Waals surface area contributed by atoms with Crippen molar-refractivity contribution in [3.05, 3.63) is 39.7 Å². The zero-order valence-corrected chi connectivity index (χ0v) is 12.1. The quantitative estimate of drug-likeness (QED) is 0.871. The van der Waals surface area contributed by atoms with Crippen molar-refractivity contribution in [1.29, 1.82) is 0 Å². The third kappa shape index (κ3) is 3.05. The molecule has 0 bridgehead atoms. The van der Waals surface area contributed by atoms with Crippen molar-refractivity contribution < 1.29 is 0 Å². The van der Waals surface area contributed by atoms with E-state index in [1.807, 2.05) is 23.6 Å². The summed E-state index contributed by atoms with van der Waals surface area (Å²) < 4.78 is 0. The van der Waals surface area contributed by atoms with E-state index in [0.717, 1.165) is 43.6 Å². The van der Waals surface area contributed by atoms with Gasteiger partial charge in [-0.2, -0.15) is 5.10 Å². The smallest absolute Gasteiger partial charge is 0.151 e. The Morgan fingerprint density at radius 3 is 2.68 bits per heavy atom. The van der Waals surface area contributed by atoms with Crippen molar-refractivity contribution in [2.24, 2.45) is 0 Å². The fourth-order valence-electron chi connectivity index (χ4n) is 2.24. The highest BCUT2D eigenvalue weighted by Crippen LogP contribution is 2.24. The van der Waals surface area contributed by atoms with Crippen LogP contribution in [-0.4, -0.2) is 41.3 Å². The van der Waals surface area contributed by atoms with Crippen LogP contribution >= 0.6 is 22.9 Å². The average Bonchev–Trinajstić information content (AvgIpc) is 2.86. The van der Waals surface area contributed by atoms with Crippen LogP contribution in [0.3, 0.4) is 0 Å². The molecule has 1 aliphatic rings. The molecule has 0 atom stereocenters. The molecule has 19 heavy (non-hydrogen) atoms. The number of halogens is 1. The zero-order chi connectivity index (χ0) is 13.1. The minimum Gasteiger partial charge on any atom is -0.353 e. The van der Waals surface area contributed by atoms with Crippen LogP contribution in [0.15, 0.2) is 29.8 Å². The van der Waals surface area contributed by atoms with E-state index in [-0.39, 0.29) is 0 Å². The summed E-state index contributed by atoms with van der Waals surface area (Å²) >= 11 is 7.87. The maximum atomic E-state index is 6.14. The number of anilines is 1. The van der Waals surface area contributed by atoms with E-state index in [1.165, 1.54) is 4.88 Å². The number of aromatic nitrogens is 2. The molecular weight excluding hydrogens is 280 g/mol. The Morgan fingerprint density at radius 1 is 1.21 bits per heavy atom. The standard InChI is InChI=1S/C13H15ClN4S/c14-11-3-9-19-12(11)10-17-5-7-18(8-6-17)13-2-1-4-15-16-13/h1-4,9H,5-8,10H2.